The summed E-state index contributed by atoms with van der Waals surface area (Å²) in [7, 11) is 0. The first-order chi connectivity index (χ1) is 8.56. The van der Waals surface area contributed by atoms with Gasteiger partial charge >= 0.3 is 0 Å². The fraction of sp³-hybridized carbons (Fsp3) is 0.231. The van der Waals surface area contributed by atoms with Crippen molar-refractivity contribution in [1.29, 1.82) is 0 Å². The van der Waals surface area contributed by atoms with Gasteiger partial charge in [0.25, 0.3) is 5.91 Å². The highest BCUT2D eigenvalue weighted by Gasteiger charge is 2.19. The van der Waals surface area contributed by atoms with Gasteiger partial charge in [-0.05, 0) is 31.2 Å². The standard InChI is InChI=1S/C13H13ClN2O2/c1-8-7-15-11(13(18)16-8)6-12(17)9-2-4-10(14)5-3-9/h2-6,8,15H,7H2,1H3,(H,16,18)/b11-6-/t8-/m0/s1. The molecule has 1 heterocycles. The van der Waals surface area contributed by atoms with Gasteiger partial charge in [0.05, 0.1) is 0 Å². The minimum absolute atomic E-state index is 0.0697. The molecular formula is C13H13ClN2O2. The number of carbonyl (C=O) groups excluding carboxylic acids is 2. The SMILES string of the molecule is C[C@H]1CN/C(=C\C(=O)c2ccc(Cl)cc2)C(=O)N1. The molecule has 18 heavy (non-hydrogen) atoms. The molecule has 1 aromatic rings. The summed E-state index contributed by atoms with van der Waals surface area (Å²) in [5.74, 6) is -0.477. The number of hydrogen-bond donors (Lipinski definition) is 2. The zero-order valence-electron chi connectivity index (χ0n) is 9.87. The van der Waals surface area contributed by atoms with E-state index in [1.165, 1.54) is 6.08 Å². The number of ketones is 1. The zero-order valence-corrected chi connectivity index (χ0v) is 10.6. The van der Waals surface area contributed by atoms with Crippen molar-refractivity contribution in [3.8, 4) is 0 Å². The Labute approximate surface area is 110 Å². The number of rotatable bonds is 2. The zero-order chi connectivity index (χ0) is 13.1. The van der Waals surface area contributed by atoms with Crippen LogP contribution in [0.4, 0.5) is 0 Å². The molecule has 1 fully saturated rings. The molecule has 1 amide bonds. The van der Waals surface area contributed by atoms with Gasteiger partial charge < -0.3 is 10.6 Å². The summed E-state index contributed by atoms with van der Waals surface area (Å²) < 4.78 is 0. The molecule has 2 N–H and O–H groups in total. The average molecular weight is 265 g/mol. The number of carbonyl (C=O) groups is 2. The van der Waals surface area contributed by atoms with Crippen LogP contribution >= 0.6 is 11.6 Å². The summed E-state index contributed by atoms with van der Waals surface area (Å²) in [4.78, 5) is 23.5. The van der Waals surface area contributed by atoms with E-state index in [0.29, 0.717) is 22.8 Å². The van der Waals surface area contributed by atoms with Crippen LogP contribution in [-0.2, 0) is 4.79 Å². The molecule has 1 atom stereocenters. The molecule has 1 saturated heterocycles. The molecule has 1 aliphatic rings. The monoisotopic (exact) mass is 264 g/mol. The number of halogens is 1. The smallest absolute Gasteiger partial charge is 0.267 e. The first kappa shape index (κ1) is 12.6. The molecule has 0 aromatic heterocycles. The van der Waals surface area contributed by atoms with Crippen LogP contribution in [0.2, 0.25) is 5.02 Å². The van der Waals surface area contributed by atoms with E-state index in [9.17, 15) is 9.59 Å². The first-order valence-corrected chi connectivity index (χ1v) is 6.00. The highest BCUT2D eigenvalue weighted by Crippen LogP contribution is 2.11. The topological polar surface area (TPSA) is 58.2 Å². The van der Waals surface area contributed by atoms with Crippen LogP contribution in [0.1, 0.15) is 17.3 Å². The molecule has 94 valence electrons. The largest absolute Gasteiger partial charge is 0.378 e. The maximum Gasteiger partial charge on any atom is 0.267 e. The molecule has 4 nitrogen and oxygen atoms in total. The summed E-state index contributed by atoms with van der Waals surface area (Å²) in [6, 6.07) is 6.61. The average Bonchev–Trinajstić information content (AvgIpc) is 2.33. The fourth-order valence-electron chi connectivity index (χ4n) is 1.64. The Balaban J connectivity index is 2.15. The number of hydrogen-bond acceptors (Lipinski definition) is 3. The van der Waals surface area contributed by atoms with Crippen molar-refractivity contribution >= 4 is 23.3 Å². The Morgan fingerprint density at radius 3 is 2.67 bits per heavy atom. The van der Waals surface area contributed by atoms with E-state index >= 15 is 0 Å². The number of nitrogens with one attached hydrogen (secondary N) is 2. The lowest BCUT2D eigenvalue weighted by Crippen LogP contribution is -2.49. The van der Waals surface area contributed by atoms with E-state index in [-0.39, 0.29) is 17.7 Å². The normalized spacial score (nSPS) is 21.3. The van der Waals surface area contributed by atoms with Gasteiger partial charge in [0.15, 0.2) is 5.78 Å². The van der Waals surface area contributed by atoms with E-state index in [4.69, 9.17) is 11.6 Å². The number of allylic oxidation sites excluding steroid dienone is 1. The van der Waals surface area contributed by atoms with Crippen LogP contribution in [0.3, 0.4) is 0 Å². The summed E-state index contributed by atoms with van der Waals surface area (Å²) in [5, 5.41) is 6.26. The van der Waals surface area contributed by atoms with Gasteiger partial charge in [0.1, 0.15) is 5.70 Å². The molecular weight excluding hydrogens is 252 g/mol. The third kappa shape index (κ3) is 2.90. The fourth-order valence-corrected chi connectivity index (χ4v) is 1.77. The van der Waals surface area contributed by atoms with E-state index in [2.05, 4.69) is 10.6 Å². The molecule has 2 rings (SSSR count). The summed E-state index contributed by atoms with van der Waals surface area (Å²) in [6.07, 6.45) is 1.31. The van der Waals surface area contributed by atoms with Crippen molar-refractivity contribution in [1.82, 2.24) is 10.6 Å². The maximum atomic E-state index is 11.9. The molecule has 0 radical (unpaired) electrons. The third-order valence-electron chi connectivity index (χ3n) is 2.62. The Bertz CT molecular complexity index is 508. The van der Waals surface area contributed by atoms with Crippen LogP contribution in [0.15, 0.2) is 36.0 Å². The second kappa shape index (κ2) is 5.23. The van der Waals surface area contributed by atoms with E-state index in [1.807, 2.05) is 6.92 Å². The third-order valence-corrected chi connectivity index (χ3v) is 2.88. The molecule has 0 saturated carbocycles. The van der Waals surface area contributed by atoms with Crippen LogP contribution in [0.25, 0.3) is 0 Å². The minimum Gasteiger partial charge on any atom is -0.378 e. The maximum absolute atomic E-state index is 11.9. The summed E-state index contributed by atoms with van der Waals surface area (Å²) in [6.45, 7) is 2.51. The van der Waals surface area contributed by atoms with Gasteiger partial charge in [-0.3, -0.25) is 9.59 Å². The van der Waals surface area contributed by atoms with Crippen molar-refractivity contribution in [2.24, 2.45) is 0 Å². The Kier molecular flexibility index (Phi) is 3.67. The van der Waals surface area contributed by atoms with Gasteiger partial charge in [0.2, 0.25) is 0 Å². The highest BCUT2D eigenvalue weighted by atomic mass is 35.5. The Hall–Kier alpha value is -1.81. The quantitative estimate of drug-likeness (QED) is 0.629. The molecule has 5 heteroatoms. The molecule has 0 spiro atoms. The minimum atomic E-state index is -0.254. The van der Waals surface area contributed by atoms with Crippen LogP contribution in [0, 0.1) is 0 Å². The van der Waals surface area contributed by atoms with Crippen LogP contribution in [-0.4, -0.2) is 24.3 Å². The first-order valence-electron chi connectivity index (χ1n) is 5.62. The molecule has 1 aliphatic heterocycles. The Morgan fingerprint density at radius 2 is 2.06 bits per heavy atom. The number of amides is 1. The lowest BCUT2D eigenvalue weighted by atomic mass is 10.1. The predicted molar refractivity (Wildman–Crippen MR) is 69.5 cm³/mol. The van der Waals surface area contributed by atoms with Gasteiger partial charge in [0, 0.05) is 29.2 Å². The Morgan fingerprint density at radius 1 is 1.39 bits per heavy atom. The van der Waals surface area contributed by atoms with Crippen molar-refractivity contribution in [3.63, 3.8) is 0 Å². The molecule has 0 aliphatic carbocycles. The number of benzene rings is 1. The van der Waals surface area contributed by atoms with Crippen molar-refractivity contribution in [2.75, 3.05) is 6.54 Å². The van der Waals surface area contributed by atoms with Gasteiger partial charge in [-0.15, -0.1) is 0 Å². The summed E-state index contributed by atoms with van der Waals surface area (Å²) >= 11 is 5.74. The lowest BCUT2D eigenvalue weighted by molar-refractivity contribution is -0.119. The highest BCUT2D eigenvalue weighted by molar-refractivity contribution is 6.30. The van der Waals surface area contributed by atoms with Crippen LogP contribution in [0.5, 0.6) is 0 Å². The predicted octanol–water partition coefficient (Wildman–Crippen LogP) is 1.51. The number of piperazine rings is 1. The van der Waals surface area contributed by atoms with E-state index in [1.54, 1.807) is 24.3 Å². The van der Waals surface area contributed by atoms with Gasteiger partial charge in [-0.2, -0.15) is 0 Å². The van der Waals surface area contributed by atoms with Crippen LogP contribution < -0.4 is 10.6 Å². The van der Waals surface area contributed by atoms with E-state index < -0.39 is 0 Å². The molecule has 1 aromatic carbocycles. The second-order valence-electron chi connectivity index (χ2n) is 4.18. The van der Waals surface area contributed by atoms with Crippen molar-refractivity contribution in [2.45, 2.75) is 13.0 Å². The lowest BCUT2D eigenvalue weighted by Gasteiger charge is -2.23. The summed E-state index contributed by atoms with van der Waals surface area (Å²) in [5.41, 5.74) is 0.799. The van der Waals surface area contributed by atoms with Crippen molar-refractivity contribution in [3.05, 3.63) is 46.6 Å². The van der Waals surface area contributed by atoms with E-state index in [0.717, 1.165) is 0 Å². The van der Waals surface area contributed by atoms with Crippen molar-refractivity contribution < 1.29 is 9.59 Å². The second-order valence-corrected chi connectivity index (χ2v) is 4.62. The van der Waals surface area contributed by atoms with Gasteiger partial charge in [-0.25, -0.2) is 0 Å². The van der Waals surface area contributed by atoms with Gasteiger partial charge in [-0.1, -0.05) is 11.6 Å². The molecule has 0 bridgehead atoms. The molecule has 0 unspecified atom stereocenters.